The van der Waals surface area contributed by atoms with Crippen LogP contribution >= 0.6 is 11.3 Å². The summed E-state index contributed by atoms with van der Waals surface area (Å²) in [6.07, 6.45) is 6.30. The lowest BCUT2D eigenvalue weighted by Gasteiger charge is -2.04. The molecule has 104 valence electrons. The third-order valence-corrected chi connectivity index (χ3v) is 3.58. The predicted molar refractivity (Wildman–Crippen MR) is 77.0 cm³/mol. The second-order valence-electron chi connectivity index (χ2n) is 4.20. The van der Waals surface area contributed by atoms with Crippen LogP contribution in [-0.2, 0) is 16.1 Å². The van der Waals surface area contributed by atoms with Crippen LogP contribution in [-0.4, -0.2) is 17.0 Å². The Bertz CT molecular complexity index is 451. The first-order valence-electron chi connectivity index (χ1n) is 6.37. The molecule has 1 heterocycles. The molecular weight excluding hydrogens is 262 g/mol. The molecular formula is C14H19NO3S. The first-order valence-corrected chi connectivity index (χ1v) is 7.25. The number of amides is 1. The third-order valence-electron chi connectivity index (χ3n) is 2.64. The van der Waals surface area contributed by atoms with Crippen LogP contribution in [0.15, 0.2) is 17.5 Å². The van der Waals surface area contributed by atoms with E-state index in [1.807, 2.05) is 11.4 Å². The van der Waals surface area contributed by atoms with Gasteiger partial charge in [0.1, 0.15) is 0 Å². The van der Waals surface area contributed by atoms with E-state index < -0.39 is 5.97 Å². The molecule has 1 aromatic rings. The van der Waals surface area contributed by atoms with Crippen LogP contribution in [0, 0.1) is 0 Å². The minimum absolute atomic E-state index is 0.0509. The number of carboxylic acids is 1. The van der Waals surface area contributed by atoms with Gasteiger partial charge in [-0.1, -0.05) is 19.8 Å². The molecule has 0 aromatic carbocycles. The number of nitrogens with one attached hydrogen (secondary N) is 1. The van der Waals surface area contributed by atoms with E-state index in [-0.39, 0.29) is 5.91 Å². The Balaban J connectivity index is 2.43. The molecule has 0 spiro atoms. The molecule has 0 aliphatic rings. The first-order chi connectivity index (χ1) is 9.13. The Morgan fingerprint density at radius 2 is 2.21 bits per heavy atom. The van der Waals surface area contributed by atoms with Gasteiger partial charge >= 0.3 is 5.97 Å². The number of unbranched alkanes of at least 4 members (excludes halogenated alkanes) is 2. The highest BCUT2D eigenvalue weighted by Gasteiger charge is 2.05. The van der Waals surface area contributed by atoms with Crippen LogP contribution in [0.5, 0.6) is 0 Å². The van der Waals surface area contributed by atoms with E-state index in [2.05, 4.69) is 12.2 Å². The minimum Gasteiger partial charge on any atom is -0.478 e. The monoisotopic (exact) mass is 281 g/mol. The van der Waals surface area contributed by atoms with Crippen molar-refractivity contribution in [3.8, 4) is 0 Å². The van der Waals surface area contributed by atoms with E-state index in [0.29, 0.717) is 13.0 Å². The van der Waals surface area contributed by atoms with Crippen LogP contribution in [0.3, 0.4) is 0 Å². The second-order valence-corrected chi connectivity index (χ2v) is 5.21. The Hall–Kier alpha value is -1.62. The van der Waals surface area contributed by atoms with Gasteiger partial charge in [0.05, 0.1) is 6.54 Å². The number of thiophene rings is 1. The van der Waals surface area contributed by atoms with Crippen molar-refractivity contribution in [1.82, 2.24) is 5.32 Å². The Morgan fingerprint density at radius 3 is 2.89 bits per heavy atom. The second kappa shape index (κ2) is 8.48. The number of carbonyl (C=O) groups is 2. The lowest BCUT2D eigenvalue weighted by Crippen LogP contribution is -2.22. The van der Waals surface area contributed by atoms with Gasteiger partial charge in [-0.15, -0.1) is 11.3 Å². The summed E-state index contributed by atoms with van der Waals surface area (Å²) >= 11 is 1.51. The largest absolute Gasteiger partial charge is 0.478 e. The molecule has 1 amide bonds. The Kier molecular flexibility index (Phi) is 6.89. The summed E-state index contributed by atoms with van der Waals surface area (Å²) in [6, 6.07) is 1.85. The summed E-state index contributed by atoms with van der Waals surface area (Å²) in [7, 11) is 0. The highest BCUT2D eigenvalue weighted by molar-refractivity contribution is 7.10. The zero-order valence-electron chi connectivity index (χ0n) is 11.0. The zero-order chi connectivity index (χ0) is 14.1. The Labute approximate surface area is 117 Å². The van der Waals surface area contributed by atoms with Gasteiger partial charge in [-0.05, 0) is 29.5 Å². The zero-order valence-corrected chi connectivity index (χ0v) is 11.8. The van der Waals surface area contributed by atoms with Gasteiger partial charge in [-0.3, -0.25) is 4.79 Å². The lowest BCUT2D eigenvalue weighted by molar-refractivity contribution is -0.131. The summed E-state index contributed by atoms with van der Waals surface area (Å²) < 4.78 is 0. The smallest absolute Gasteiger partial charge is 0.328 e. The molecule has 1 rings (SSSR count). The number of aliphatic carboxylic acids is 1. The van der Waals surface area contributed by atoms with Crippen molar-refractivity contribution in [1.29, 1.82) is 0 Å². The number of hydrogen-bond donors (Lipinski definition) is 2. The van der Waals surface area contributed by atoms with Crippen molar-refractivity contribution in [3.05, 3.63) is 28.0 Å². The maximum atomic E-state index is 11.6. The van der Waals surface area contributed by atoms with Crippen molar-refractivity contribution in [2.75, 3.05) is 0 Å². The predicted octanol–water partition coefficient (Wildman–Crippen LogP) is 3.04. The molecule has 4 nitrogen and oxygen atoms in total. The molecule has 0 radical (unpaired) electrons. The average molecular weight is 281 g/mol. The van der Waals surface area contributed by atoms with Gasteiger partial charge in [-0.2, -0.15) is 0 Å². The van der Waals surface area contributed by atoms with Crippen LogP contribution < -0.4 is 5.32 Å². The number of rotatable bonds is 8. The molecule has 5 heteroatoms. The van der Waals surface area contributed by atoms with Crippen LogP contribution in [0.4, 0.5) is 0 Å². The van der Waals surface area contributed by atoms with Crippen molar-refractivity contribution in [3.63, 3.8) is 0 Å². The van der Waals surface area contributed by atoms with Crippen molar-refractivity contribution < 1.29 is 14.7 Å². The molecule has 2 N–H and O–H groups in total. The summed E-state index contributed by atoms with van der Waals surface area (Å²) in [6.45, 7) is 2.56. The molecule has 0 unspecified atom stereocenters. The van der Waals surface area contributed by atoms with Gasteiger partial charge in [0.25, 0.3) is 0 Å². The fraction of sp³-hybridized carbons (Fsp3) is 0.429. The van der Waals surface area contributed by atoms with Gasteiger partial charge in [0.15, 0.2) is 0 Å². The fourth-order valence-electron chi connectivity index (χ4n) is 1.61. The summed E-state index contributed by atoms with van der Waals surface area (Å²) in [5.74, 6) is -0.921. The molecule has 1 aromatic heterocycles. The molecule has 0 aliphatic carbocycles. The van der Waals surface area contributed by atoms with E-state index in [4.69, 9.17) is 5.11 Å². The number of carboxylic acid groups (broad SMARTS) is 1. The molecule has 0 saturated heterocycles. The highest BCUT2D eigenvalue weighted by atomic mass is 32.1. The minimum atomic E-state index is -0.972. The van der Waals surface area contributed by atoms with Crippen molar-refractivity contribution in [2.45, 2.75) is 39.2 Å². The Morgan fingerprint density at radius 1 is 1.42 bits per heavy atom. The lowest BCUT2D eigenvalue weighted by atomic mass is 10.2. The van der Waals surface area contributed by atoms with E-state index in [0.717, 1.165) is 35.8 Å². The van der Waals surface area contributed by atoms with Gasteiger partial charge in [-0.25, -0.2) is 4.79 Å². The summed E-state index contributed by atoms with van der Waals surface area (Å²) in [5, 5.41) is 13.3. The first kappa shape index (κ1) is 15.4. The summed E-state index contributed by atoms with van der Waals surface area (Å²) in [5.41, 5.74) is 0.848. The molecule has 0 saturated carbocycles. The van der Waals surface area contributed by atoms with Gasteiger partial charge < -0.3 is 10.4 Å². The molecule has 0 aliphatic heterocycles. The number of carbonyl (C=O) groups excluding carboxylic acids is 1. The van der Waals surface area contributed by atoms with Crippen LogP contribution in [0.1, 0.15) is 43.0 Å². The SMILES string of the molecule is CCCCCC(=O)NCc1sccc1C=CC(=O)O. The highest BCUT2D eigenvalue weighted by Crippen LogP contribution is 2.18. The normalized spacial score (nSPS) is 10.8. The van der Waals surface area contributed by atoms with E-state index in [1.165, 1.54) is 11.3 Å². The molecule has 0 bridgehead atoms. The van der Waals surface area contributed by atoms with Crippen molar-refractivity contribution in [2.24, 2.45) is 0 Å². The molecule has 0 atom stereocenters. The topological polar surface area (TPSA) is 66.4 Å². The fourth-order valence-corrected chi connectivity index (χ4v) is 2.41. The maximum absolute atomic E-state index is 11.6. The number of hydrogen-bond acceptors (Lipinski definition) is 3. The molecule has 0 fully saturated rings. The van der Waals surface area contributed by atoms with Gasteiger partial charge in [0, 0.05) is 17.4 Å². The quantitative estimate of drug-likeness (QED) is 0.568. The maximum Gasteiger partial charge on any atom is 0.328 e. The van der Waals surface area contributed by atoms with Gasteiger partial charge in [0.2, 0.25) is 5.91 Å². The van der Waals surface area contributed by atoms with Crippen molar-refractivity contribution >= 4 is 29.3 Å². The van der Waals surface area contributed by atoms with Crippen LogP contribution in [0.25, 0.3) is 6.08 Å². The third kappa shape index (κ3) is 6.20. The van der Waals surface area contributed by atoms with E-state index >= 15 is 0 Å². The van der Waals surface area contributed by atoms with E-state index in [1.54, 1.807) is 6.08 Å². The van der Waals surface area contributed by atoms with Crippen LogP contribution in [0.2, 0.25) is 0 Å². The standard InChI is InChI=1S/C14H19NO3S/c1-2-3-4-5-13(16)15-10-12-11(8-9-19-12)6-7-14(17)18/h6-9H,2-5,10H2,1H3,(H,15,16)(H,17,18). The molecule has 19 heavy (non-hydrogen) atoms. The summed E-state index contributed by atoms with van der Waals surface area (Å²) in [4.78, 5) is 23.0. The average Bonchev–Trinajstić information content (AvgIpc) is 2.81. The van der Waals surface area contributed by atoms with E-state index in [9.17, 15) is 9.59 Å².